The molecule has 9 heteroatoms. The molecule has 2 saturated heterocycles. The fraction of sp³-hybridized carbons (Fsp3) is 0.500. The molecule has 2 atom stereocenters. The molecule has 5 rings (SSSR count). The van der Waals surface area contributed by atoms with Gasteiger partial charge >= 0.3 is 0 Å². The highest BCUT2D eigenvalue weighted by molar-refractivity contribution is 6.32. The number of imidazole rings is 2. The molecule has 3 aromatic rings. The number of aromatic nitrogens is 6. The van der Waals surface area contributed by atoms with Crippen molar-refractivity contribution in [3.8, 4) is 0 Å². The summed E-state index contributed by atoms with van der Waals surface area (Å²) in [4.78, 5) is 29.4. The third-order valence-corrected chi connectivity index (χ3v) is 6.22. The third kappa shape index (κ3) is 3.81. The van der Waals surface area contributed by atoms with Gasteiger partial charge in [-0.25, -0.2) is 15.0 Å². The van der Waals surface area contributed by atoms with Crippen LogP contribution >= 0.6 is 11.6 Å². The van der Waals surface area contributed by atoms with Crippen molar-refractivity contribution in [1.82, 2.24) is 29.9 Å². The number of nitrogens with zero attached hydrogens (tertiary/aromatic N) is 6. The lowest BCUT2D eigenvalue weighted by atomic mass is 9.97. The van der Waals surface area contributed by atoms with E-state index in [0.29, 0.717) is 16.9 Å². The summed E-state index contributed by atoms with van der Waals surface area (Å²) in [6.45, 7) is 3.62. The van der Waals surface area contributed by atoms with Crippen molar-refractivity contribution in [2.75, 3.05) is 36.0 Å². The van der Waals surface area contributed by atoms with Gasteiger partial charge in [-0.3, -0.25) is 0 Å². The van der Waals surface area contributed by atoms with E-state index in [1.165, 1.54) is 0 Å². The highest BCUT2D eigenvalue weighted by Crippen LogP contribution is 2.33. The zero-order valence-corrected chi connectivity index (χ0v) is 17.0. The van der Waals surface area contributed by atoms with Crippen molar-refractivity contribution >= 4 is 23.4 Å². The van der Waals surface area contributed by atoms with E-state index < -0.39 is 0 Å². The molecule has 0 aromatic carbocycles. The summed E-state index contributed by atoms with van der Waals surface area (Å²) < 4.78 is 0. The Hall–Kier alpha value is -2.61. The van der Waals surface area contributed by atoms with E-state index in [-0.39, 0.29) is 0 Å². The van der Waals surface area contributed by atoms with Gasteiger partial charge in [0.15, 0.2) is 5.82 Å². The number of piperidine rings is 2. The zero-order valence-electron chi connectivity index (χ0n) is 16.3. The smallest absolute Gasteiger partial charge is 0.227 e. The van der Waals surface area contributed by atoms with Crippen LogP contribution in [-0.2, 0) is 0 Å². The second-order valence-corrected chi connectivity index (χ2v) is 8.27. The molecule has 2 unspecified atom stereocenters. The molecule has 0 amide bonds. The number of H-pyrrole nitrogens is 2. The first-order chi connectivity index (χ1) is 14.3. The Balaban J connectivity index is 1.36. The molecule has 3 aromatic heterocycles. The summed E-state index contributed by atoms with van der Waals surface area (Å²) in [5, 5.41) is 0.605. The number of nitrogens with one attached hydrogen (secondary N) is 2. The van der Waals surface area contributed by atoms with Crippen molar-refractivity contribution in [2.45, 2.75) is 37.5 Å². The molecule has 0 radical (unpaired) electrons. The molecular weight excluding hydrogens is 388 g/mol. The fourth-order valence-electron chi connectivity index (χ4n) is 4.50. The van der Waals surface area contributed by atoms with Crippen molar-refractivity contribution in [1.29, 1.82) is 0 Å². The molecule has 2 fully saturated rings. The van der Waals surface area contributed by atoms with Crippen molar-refractivity contribution in [2.24, 2.45) is 0 Å². The average molecular weight is 413 g/mol. The Morgan fingerprint density at radius 3 is 2.10 bits per heavy atom. The van der Waals surface area contributed by atoms with E-state index in [1.54, 1.807) is 6.20 Å². The molecule has 0 aliphatic carbocycles. The van der Waals surface area contributed by atoms with Gasteiger partial charge in [0.1, 0.15) is 16.7 Å². The molecule has 8 nitrogen and oxygen atoms in total. The molecule has 29 heavy (non-hydrogen) atoms. The van der Waals surface area contributed by atoms with Crippen LogP contribution in [0.2, 0.25) is 5.02 Å². The summed E-state index contributed by atoms with van der Waals surface area (Å²) >= 11 is 6.53. The Kier molecular flexibility index (Phi) is 5.10. The summed E-state index contributed by atoms with van der Waals surface area (Å²) in [5.74, 6) is 4.40. The maximum Gasteiger partial charge on any atom is 0.227 e. The van der Waals surface area contributed by atoms with Gasteiger partial charge in [-0.05, 0) is 25.7 Å². The third-order valence-electron chi connectivity index (χ3n) is 5.95. The van der Waals surface area contributed by atoms with E-state index in [1.807, 2.05) is 24.8 Å². The number of anilines is 2. The quantitative estimate of drug-likeness (QED) is 0.683. The molecule has 152 valence electrons. The summed E-state index contributed by atoms with van der Waals surface area (Å²) in [6, 6.07) is 0. The molecule has 0 saturated carbocycles. The van der Waals surface area contributed by atoms with Crippen LogP contribution in [0, 0.1) is 0 Å². The second-order valence-electron chi connectivity index (χ2n) is 7.86. The number of aromatic amines is 2. The maximum absolute atomic E-state index is 6.53. The maximum atomic E-state index is 6.53. The standard InChI is InChI=1S/C20H25ClN8/c21-16-11-26-20(29-10-2-4-15(13-29)18-24-7-8-25-18)27-19(16)28-9-1-3-14(12-28)17-22-5-6-23-17/h5-8,11,14-15H,1-4,9-10,12-13H2,(H,22,23)(H,24,25). The van der Waals surface area contributed by atoms with E-state index in [9.17, 15) is 0 Å². The minimum atomic E-state index is 0.367. The lowest BCUT2D eigenvalue weighted by Crippen LogP contribution is -2.38. The Bertz CT molecular complexity index is 926. The monoisotopic (exact) mass is 412 g/mol. The van der Waals surface area contributed by atoms with Gasteiger partial charge in [0, 0.05) is 62.8 Å². The largest absolute Gasteiger partial charge is 0.354 e. The van der Waals surface area contributed by atoms with Crippen LogP contribution in [0.25, 0.3) is 0 Å². The first-order valence-electron chi connectivity index (χ1n) is 10.3. The van der Waals surface area contributed by atoms with Crippen LogP contribution in [-0.4, -0.2) is 56.1 Å². The first kappa shape index (κ1) is 18.4. The van der Waals surface area contributed by atoms with E-state index in [0.717, 1.165) is 75.3 Å². The Morgan fingerprint density at radius 1 is 0.862 bits per heavy atom. The van der Waals surface area contributed by atoms with Crippen LogP contribution in [0.4, 0.5) is 11.8 Å². The van der Waals surface area contributed by atoms with Crippen molar-refractivity contribution < 1.29 is 0 Å². The molecule has 5 heterocycles. The first-order valence-corrected chi connectivity index (χ1v) is 10.7. The van der Waals surface area contributed by atoms with Crippen molar-refractivity contribution in [3.05, 3.63) is 47.7 Å². The Labute approximate surface area is 174 Å². The molecule has 2 N–H and O–H groups in total. The normalized spacial score (nSPS) is 22.8. The highest BCUT2D eigenvalue weighted by atomic mass is 35.5. The zero-order chi connectivity index (χ0) is 19.6. The summed E-state index contributed by atoms with van der Waals surface area (Å²) in [5.41, 5.74) is 0. The van der Waals surface area contributed by atoms with Gasteiger partial charge < -0.3 is 19.8 Å². The summed E-state index contributed by atoms with van der Waals surface area (Å²) in [7, 11) is 0. The van der Waals surface area contributed by atoms with Gasteiger partial charge in [0.05, 0.1) is 6.20 Å². The van der Waals surface area contributed by atoms with Crippen LogP contribution < -0.4 is 9.80 Å². The van der Waals surface area contributed by atoms with Crippen LogP contribution in [0.3, 0.4) is 0 Å². The fourth-order valence-corrected chi connectivity index (χ4v) is 4.71. The molecule has 0 spiro atoms. The molecule has 2 aliphatic rings. The minimum absolute atomic E-state index is 0.367. The lowest BCUT2D eigenvalue weighted by molar-refractivity contribution is 0.483. The van der Waals surface area contributed by atoms with Gasteiger partial charge in [-0.2, -0.15) is 4.98 Å². The van der Waals surface area contributed by atoms with Crippen molar-refractivity contribution in [3.63, 3.8) is 0 Å². The molecular formula is C20H25ClN8. The Morgan fingerprint density at radius 2 is 1.48 bits per heavy atom. The second kappa shape index (κ2) is 8.02. The van der Waals surface area contributed by atoms with Gasteiger partial charge in [-0.15, -0.1) is 0 Å². The number of hydrogen-bond acceptors (Lipinski definition) is 6. The van der Waals surface area contributed by atoms with Gasteiger partial charge in [-0.1, -0.05) is 11.6 Å². The van der Waals surface area contributed by atoms with Gasteiger partial charge in [0.2, 0.25) is 5.95 Å². The molecule has 2 aliphatic heterocycles. The predicted octanol–water partition coefficient (Wildman–Crippen LogP) is 3.34. The number of halogens is 1. The number of rotatable bonds is 4. The molecule has 0 bridgehead atoms. The minimum Gasteiger partial charge on any atom is -0.354 e. The van der Waals surface area contributed by atoms with E-state index in [4.69, 9.17) is 16.6 Å². The van der Waals surface area contributed by atoms with Crippen LogP contribution in [0.15, 0.2) is 31.0 Å². The topological polar surface area (TPSA) is 89.6 Å². The van der Waals surface area contributed by atoms with E-state index in [2.05, 4.69) is 34.7 Å². The van der Waals surface area contributed by atoms with Crippen LogP contribution in [0.5, 0.6) is 0 Å². The highest BCUT2D eigenvalue weighted by Gasteiger charge is 2.28. The lowest BCUT2D eigenvalue weighted by Gasteiger charge is -2.35. The van der Waals surface area contributed by atoms with Gasteiger partial charge in [0.25, 0.3) is 0 Å². The SMILES string of the molecule is Clc1cnc(N2CCCC(c3ncc[nH]3)C2)nc1N1CCCC(c2ncc[nH]2)C1. The average Bonchev–Trinajstić information content (AvgIpc) is 3.49. The summed E-state index contributed by atoms with van der Waals surface area (Å²) in [6.07, 6.45) is 13.6. The van der Waals surface area contributed by atoms with Crippen LogP contribution in [0.1, 0.15) is 49.2 Å². The number of hydrogen-bond donors (Lipinski definition) is 2. The predicted molar refractivity (Wildman–Crippen MR) is 113 cm³/mol. The van der Waals surface area contributed by atoms with E-state index >= 15 is 0 Å².